The third-order valence-corrected chi connectivity index (χ3v) is 9.74. The molecule has 0 aromatic heterocycles. The van der Waals surface area contributed by atoms with Crippen LogP contribution in [0.1, 0.15) is 11.1 Å². The van der Waals surface area contributed by atoms with Crippen LogP contribution in [0.4, 0.5) is 0 Å². The van der Waals surface area contributed by atoms with Gasteiger partial charge < -0.3 is 8.37 Å². The van der Waals surface area contributed by atoms with E-state index in [0.29, 0.717) is 6.42 Å². The van der Waals surface area contributed by atoms with Crippen LogP contribution < -0.4 is 8.37 Å². The van der Waals surface area contributed by atoms with Crippen LogP contribution >= 0.6 is 0 Å². The molecule has 0 radical (unpaired) electrons. The van der Waals surface area contributed by atoms with Crippen molar-refractivity contribution < 1.29 is 25.2 Å². The lowest BCUT2D eigenvalue weighted by Crippen LogP contribution is -2.09. The first-order valence-corrected chi connectivity index (χ1v) is 15.7. The van der Waals surface area contributed by atoms with Gasteiger partial charge in [-0.2, -0.15) is 16.8 Å². The number of rotatable bonds is 6. The van der Waals surface area contributed by atoms with E-state index in [1.165, 1.54) is 12.1 Å². The van der Waals surface area contributed by atoms with E-state index in [0.717, 1.165) is 43.8 Å². The first kappa shape index (κ1) is 25.3. The maximum absolute atomic E-state index is 13.0. The lowest BCUT2D eigenvalue weighted by molar-refractivity contribution is 0.484. The minimum Gasteiger partial charge on any atom is -0.379 e. The van der Waals surface area contributed by atoms with Gasteiger partial charge in [-0.3, -0.25) is 0 Å². The number of fused-ring (bicyclic) bond motifs is 5. The average molecular weight is 579 g/mol. The average Bonchev–Trinajstić information content (AvgIpc) is 3.33. The standard InChI is InChI=1S/C33H22O6S2/c34-40(35,30-13-9-22-5-1-3-7-24(22)20-30)38-28-11-15-32-26(18-28)17-27-19-29(12-16-33(27)32)39-41(36,37)31-14-10-23-6-2-4-8-25(23)21-31/h1-16,18-21H,17H2. The summed E-state index contributed by atoms with van der Waals surface area (Å²) in [6, 6.07) is 35.1. The topological polar surface area (TPSA) is 86.7 Å². The lowest BCUT2D eigenvalue weighted by atomic mass is 10.1. The van der Waals surface area contributed by atoms with Crippen LogP contribution in [-0.2, 0) is 26.7 Å². The second-order valence-electron chi connectivity index (χ2n) is 9.91. The van der Waals surface area contributed by atoms with Crippen molar-refractivity contribution in [3.05, 3.63) is 132 Å². The highest BCUT2D eigenvalue weighted by Crippen LogP contribution is 2.40. The van der Waals surface area contributed by atoms with Crippen LogP contribution in [0.15, 0.2) is 131 Å². The molecule has 0 saturated heterocycles. The van der Waals surface area contributed by atoms with Crippen LogP contribution in [0.2, 0.25) is 0 Å². The molecule has 6 nitrogen and oxygen atoms in total. The smallest absolute Gasteiger partial charge is 0.339 e. The van der Waals surface area contributed by atoms with Crippen LogP contribution in [0.3, 0.4) is 0 Å². The quantitative estimate of drug-likeness (QED) is 0.196. The van der Waals surface area contributed by atoms with E-state index in [4.69, 9.17) is 8.37 Å². The molecular weight excluding hydrogens is 556 g/mol. The minimum atomic E-state index is -4.04. The van der Waals surface area contributed by atoms with E-state index in [9.17, 15) is 16.8 Å². The summed E-state index contributed by atoms with van der Waals surface area (Å²) in [4.78, 5) is 0.156. The van der Waals surface area contributed by atoms with Crippen LogP contribution in [-0.4, -0.2) is 16.8 Å². The highest BCUT2D eigenvalue weighted by molar-refractivity contribution is 7.87. The highest BCUT2D eigenvalue weighted by atomic mass is 32.2. The molecule has 0 amide bonds. The molecule has 0 bridgehead atoms. The SMILES string of the molecule is O=S(=O)(Oc1ccc2c(c1)Cc1cc(OS(=O)(=O)c3ccc4ccccc4c3)ccc1-2)c1ccc2ccccc2c1. The predicted molar refractivity (Wildman–Crippen MR) is 158 cm³/mol. The molecule has 1 aliphatic rings. The summed E-state index contributed by atoms with van der Waals surface area (Å²) < 4.78 is 63.1. The van der Waals surface area contributed by atoms with Crippen molar-refractivity contribution in [2.45, 2.75) is 16.2 Å². The molecule has 0 unspecified atom stereocenters. The Bertz CT molecular complexity index is 2060. The summed E-state index contributed by atoms with van der Waals surface area (Å²) in [7, 11) is -8.09. The third-order valence-electron chi connectivity index (χ3n) is 7.26. The normalized spacial score (nSPS) is 12.7. The second-order valence-corrected chi connectivity index (χ2v) is 13.0. The van der Waals surface area contributed by atoms with E-state index in [-0.39, 0.29) is 21.3 Å². The van der Waals surface area contributed by atoms with Crippen molar-refractivity contribution >= 4 is 41.8 Å². The molecule has 1 aliphatic carbocycles. The molecule has 6 aromatic rings. The van der Waals surface area contributed by atoms with Gasteiger partial charge in [0, 0.05) is 0 Å². The first-order chi connectivity index (χ1) is 19.7. The molecule has 6 aromatic carbocycles. The molecule has 0 fully saturated rings. The van der Waals surface area contributed by atoms with Gasteiger partial charge >= 0.3 is 20.2 Å². The molecular formula is C33H22O6S2. The molecule has 7 rings (SSSR count). The Kier molecular flexibility index (Phi) is 5.85. The van der Waals surface area contributed by atoms with Crippen molar-refractivity contribution in [1.29, 1.82) is 0 Å². The zero-order valence-corrected chi connectivity index (χ0v) is 23.2. The molecule has 8 heteroatoms. The molecule has 0 aliphatic heterocycles. The fourth-order valence-corrected chi connectivity index (χ4v) is 7.18. The fraction of sp³-hybridized carbons (Fsp3) is 0.0303. The molecule has 0 atom stereocenters. The largest absolute Gasteiger partial charge is 0.379 e. The molecule has 0 saturated carbocycles. The maximum Gasteiger partial charge on any atom is 0.339 e. The van der Waals surface area contributed by atoms with Gasteiger partial charge in [-0.25, -0.2) is 0 Å². The summed E-state index contributed by atoms with van der Waals surface area (Å²) in [5, 5.41) is 3.50. The Morgan fingerprint density at radius 2 is 0.854 bits per heavy atom. The Balaban J connectivity index is 1.12. The minimum absolute atomic E-state index is 0.0781. The van der Waals surface area contributed by atoms with Crippen LogP contribution in [0, 0.1) is 0 Å². The summed E-state index contributed by atoms with van der Waals surface area (Å²) in [6.07, 6.45) is 0.477. The Labute approximate surface area is 237 Å². The van der Waals surface area contributed by atoms with E-state index in [1.54, 1.807) is 48.5 Å². The van der Waals surface area contributed by atoms with Gasteiger partial charge in [-0.05, 0) is 98.8 Å². The zero-order valence-electron chi connectivity index (χ0n) is 21.5. The van der Waals surface area contributed by atoms with Crippen molar-refractivity contribution in [3.8, 4) is 22.6 Å². The van der Waals surface area contributed by atoms with Crippen LogP contribution in [0.25, 0.3) is 32.7 Å². The van der Waals surface area contributed by atoms with Crippen molar-refractivity contribution in [1.82, 2.24) is 0 Å². The van der Waals surface area contributed by atoms with Crippen molar-refractivity contribution in [2.24, 2.45) is 0 Å². The van der Waals surface area contributed by atoms with E-state index < -0.39 is 20.2 Å². The Morgan fingerprint density at radius 1 is 0.439 bits per heavy atom. The summed E-state index contributed by atoms with van der Waals surface area (Å²) in [5.41, 5.74) is 3.61. The summed E-state index contributed by atoms with van der Waals surface area (Å²) in [5.74, 6) is 0.417. The molecule has 0 N–H and O–H groups in total. The van der Waals surface area contributed by atoms with Gasteiger partial charge in [0.05, 0.1) is 0 Å². The Morgan fingerprint density at radius 3 is 1.29 bits per heavy atom. The number of hydrogen-bond acceptors (Lipinski definition) is 6. The fourth-order valence-electron chi connectivity index (χ4n) is 5.26. The third kappa shape index (κ3) is 4.71. The predicted octanol–water partition coefficient (Wildman–Crippen LogP) is 7.10. The lowest BCUT2D eigenvalue weighted by Gasteiger charge is -2.10. The van der Waals surface area contributed by atoms with Crippen molar-refractivity contribution in [3.63, 3.8) is 0 Å². The monoisotopic (exact) mass is 578 g/mol. The maximum atomic E-state index is 13.0. The number of hydrogen-bond donors (Lipinski definition) is 0. The molecule has 0 spiro atoms. The van der Waals surface area contributed by atoms with E-state index in [2.05, 4.69) is 0 Å². The van der Waals surface area contributed by atoms with Gasteiger partial charge in [0.15, 0.2) is 0 Å². The van der Waals surface area contributed by atoms with Crippen LogP contribution in [0.5, 0.6) is 11.5 Å². The van der Waals surface area contributed by atoms with Gasteiger partial charge in [-0.1, -0.05) is 72.8 Å². The van der Waals surface area contributed by atoms with Gasteiger partial charge in [0.25, 0.3) is 0 Å². The van der Waals surface area contributed by atoms with Crippen molar-refractivity contribution in [2.75, 3.05) is 0 Å². The summed E-state index contributed by atoms with van der Waals surface area (Å²) in [6.45, 7) is 0. The Hall–Kier alpha value is -4.66. The first-order valence-electron chi connectivity index (χ1n) is 12.9. The van der Waals surface area contributed by atoms with Gasteiger partial charge in [-0.15, -0.1) is 0 Å². The number of benzene rings is 6. The molecule has 0 heterocycles. The van der Waals surface area contributed by atoms with E-state index in [1.807, 2.05) is 60.7 Å². The second kappa shape index (κ2) is 9.47. The molecule has 202 valence electrons. The zero-order chi connectivity index (χ0) is 28.2. The summed E-state index contributed by atoms with van der Waals surface area (Å²) >= 11 is 0. The van der Waals surface area contributed by atoms with Gasteiger partial charge in [0.2, 0.25) is 0 Å². The van der Waals surface area contributed by atoms with Gasteiger partial charge in [0.1, 0.15) is 21.3 Å². The highest BCUT2D eigenvalue weighted by Gasteiger charge is 2.24. The van der Waals surface area contributed by atoms with E-state index >= 15 is 0 Å². The molecule has 41 heavy (non-hydrogen) atoms.